The van der Waals surface area contributed by atoms with Crippen LogP contribution in [0.15, 0.2) is 54.6 Å². The molecule has 6 rings (SSSR count). The van der Waals surface area contributed by atoms with E-state index in [1.165, 1.54) is 80.8 Å². The SMILES string of the molecule is CC=Cc1cc(-c2cc(C)sc2-c2cc(-c3cc(-c4ccc(-c5ccc(C)s5)s4)sc3C)c(C)s2)c(C)s1. The number of hydrogen-bond donors (Lipinski definition) is 0. The van der Waals surface area contributed by atoms with Crippen LogP contribution >= 0.6 is 68.0 Å². The Hall–Kier alpha value is -2.06. The van der Waals surface area contributed by atoms with E-state index in [4.69, 9.17) is 0 Å². The number of rotatable bonds is 6. The van der Waals surface area contributed by atoms with Crippen LogP contribution in [0.5, 0.6) is 0 Å². The van der Waals surface area contributed by atoms with E-state index in [0.717, 1.165) is 0 Å². The summed E-state index contributed by atoms with van der Waals surface area (Å²) in [7, 11) is 0. The highest BCUT2D eigenvalue weighted by Crippen LogP contribution is 2.49. The lowest BCUT2D eigenvalue weighted by Gasteiger charge is -2.01. The molecule has 0 aliphatic carbocycles. The molecule has 6 aromatic heterocycles. The maximum Gasteiger partial charge on any atom is 0.0524 e. The monoisotopic (exact) mass is 604 g/mol. The molecule has 0 amide bonds. The smallest absolute Gasteiger partial charge is 0.0524 e. The lowest BCUT2D eigenvalue weighted by Crippen LogP contribution is -1.77. The molecule has 0 aliphatic heterocycles. The van der Waals surface area contributed by atoms with E-state index < -0.39 is 0 Å². The van der Waals surface area contributed by atoms with Crippen molar-refractivity contribution in [2.24, 2.45) is 0 Å². The second-order valence-electron chi connectivity index (χ2n) is 9.45. The highest BCUT2D eigenvalue weighted by molar-refractivity contribution is 7.26. The molecule has 0 spiro atoms. The fraction of sp³-hybridized carbons (Fsp3) is 0.188. The average Bonchev–Trinajstić information content (AvgIpc) is 3.69. The highest BCUT2D eigenvalue weighted by Gasteiger charge is 2.20. The molecule has 38 heavy (non-hydrogen) atoms. The first-order chi connectivity index (χ1) is 18.3. The Labute approximate surface area is 249 Å². The minimum atomic E-state index is 1.32. The van der Waals surface area contributed by atoms with Gasteiger partial charge in [0.1, 0.15) is 0 Å². The van der Waals surface area contributed by atoms with E-state index in [0.29, 0.717) is 0 Å². The van der Waals surface area contributed by atoms with Crippen LogP contribution in [-0.2, 0) is 0 Å². The summed E-state index contributed by atoms with van der Waals surface area (Å²) in [4.78, 5) is 16.5. The molecule has 6 aromatic rings. The topological polar surface area (TPSA) is 0 Å². The van der Waals surface area contributed by atoms with Crippen molar-refractivity contribution in [2.45, 2.75) is 41.5 Å². The van der Waals surface area contributed by atoms with Gasteiger partial charge < -0.3 is 0 Å². The van der Waals surface area contributed by atoms with Crippen LogP contribution in [0.4, 0.5) is 0 Å². The third-order valence-electron chi connectivity index (χ3n) is 6.59. The van der Waals surface area contributed by atoms with Gasteiger partial charge in [-0.15, -0.1) is 68.0 Å². The van der Waals surface area contributed by atoms with Gasteiger partial charge in [-0.05, 0) is 113 Å². The van der Waals surface area contributed by atoms with Crippen molar-refractivity contribution in [1.29, 1.82) is 0 Å². The van der Waals surface area contributed by atoms with Crippen molar-refractivity contribution < 1.29 is 0 Å². The second-order valence-corrected chi connectivity index (χ2v) is 16.9. The van der Waals surface area contributed by atoms with Gasteiger partial charge in [0.2, 0.25) is 0 Å². The van der Waals surface area contributed by atoms with E-state index >= 15 is 0 Å². The molecule has 0 aliphatic rings. The Morgan fingerprint density at radius 1 is 0.474 bits per heavy atom. The lowest BCUT2D eigenvalue weighted by molar-refractivity contribution is 1.56. The Morgan fingerprint density at radius 3 is 1.74 bits per heavy atom. The molecule has 0 aromatic carbocycles. The number of allylic oxidation sites excluding steroid dienone is 1. The van der Waals surface area contributed by atoms with Gasteiger partial charge in [0.15, 0.2) is 0 Å². The van der Waals surface area contributed by atoms with Crippen LogP contribution in [0.1, 0.15) is 36.2 Å². The molecular formula is C32H28S6. The first kappa shape index (κ1) is 26.2. The quantitative estimate of drug-likeness (QED) is 0.177. The van der Waals surface area contributed by atoms with E-state index in [-0.39, 0.29) is 0 Å². The first-order valence-electron chi connectivity index (χ1n) is 12.5. The molecule has 0 saturated carbocycles. The van der Waals surface area contributed by atoms with E-state index in [9.17, 15) is 0 Å². The van der Waals surface area contributed by atoms with Crippen molar-refractivity contribution >= 4 is 74.1 Å². The Bertz CT molecular complexity index is 1780. The zero-order chi connectivity index (χ0) is 26.6. The number of thiophene rings is 6. The van der Waals surface area contributed by atoms with Gasteiger partial charge in [0, 0.05) is 59.2 Å². The zero-order valence-corrected chi connectivity index (χ0v) is 27.1. The lowest BCUT2D eigenvalue weighted by atomic mass is 10.0. The van der Waals surface area contributed by atoms with Crippen LogP contribution in [0.2, 0.25) is 0 Å². The normalized spacial score (nSPS) is 11.8. The first-order valence-corrected chi connectivity index (χ1v) is 17.4. The Kier molecular flexibility index (Phi) is 7.23. The van der Waals surface area contributed by atoms with Crippen LogP contribution in [0, 0.1) is 34.6 Å². The van der Waals surface area contributed by atoms with Crippen LogP contribution in [-0.4, -0.2) is 0 Å². The van der Waals surface area contributed by atoms with Gasteiger partial charge >= 0.3 is 0 Å². The zero-order valence-electron chi connectivity index (χ0n) is 22.2. The van der Waals surface area contributed by atoms with E-state index in [2.05, 4.69) is 102 Å². The third-order valence-corrected chi connectivity index (χ3v) is 13.4. The van der Waals surface area contributed by atoms with Crippen LogP contribution in [0.3, 0.4) is 0 Å². The Balaban J connectivity index is 1.36. The molecule has 0 radical (unpaired) electrons. The third kappa shape index (κ3) is 4.87. The van der Waals surface area contributed by atoms with Gasteiger partial charge in [-0.25, -0.2) is 0 Å². The predicted molar refractivity (Wildman–Crippen MR) is 179 cm³/mol. The van der Waals surface area contributed by atoms with E-state index in [1.807, 2.05) is 68.0 Å². The summed E-state index contributed by atoms with van der Waals surface area (Å²) in [6.45, 7) is 13.3. The molecular weight excluding hydrogens is 577 g/mol. The summed E-state index contributed by atoms with van der Waals surface area (Å²) in [5.74, 6) is 0. The highest BCUT2D eigenvalue weighted by atomic mass is 32.1. The molecule has 0 atom stereocenters. The van der Waals surface area contributed by atoms with Crippen molar-refractivity contribution in [3.63, 3.8) is 0 Å². The summed E-state index contributed by atoms with van der Waals surface area (Å²) < 4.78 is 0. The minimum Gasteiger partial charge on any atom is -0.141 e. The number of hydrogen-bond acceptors (Lipinski definition) is 6. The molecule has 192 valence electrons. The molecule has 0 saturated heterocycles. The van der Waals surface area contributed by atoms with Crippen molar-refractivity contribution in [3.8, 4) is 51.5 Å². The van der Waals surface area contributed by atoms with Gasteiger partial charge in [-0.2, -0.15) is 0 Å². The summed E-state index contributed by atoms with van der Waals surface area (Å²) >= 11 is 11.4. The second kappa shape index (κ2) is 10.5. The molecule has 0 unspecified atom stereocenters. The van der Waals surface area contributed by atoms with Crippen LogP contribution in [0.25, 0.3) is 57.6 Å². The summed E-state index contributed by atoms with van der Waals surface area (Å²) in [5.41, 5.74) is 5.51. The average molecular weight is 605 g/mol. The van der Waals surface area contributed by atoms with Gasteiger partial charge in [-0.3, -0.25) is 0 Å². The Morgan fingerprint density at radius 2 is 1.05 bits per heavy atom. The van der Waals surface area contributed by atoms with Crippen molar-refractivity contribution in [3.05, 3.63) is 83.9 Å². The maximum atomic E-state index is 2.44. The summed E-state index contributed by atoms with van der Waals surface area (Å²) in [6, 6.07) is 18.6. The van der Waals surface area contributed by atoms with Crippen molar-refractivity contribution in [1.82, 2.24) is 0 Å². The molecule has 0 N–H and O–H groups in total. The fourth-order valence-electron chi connectivity index (χ4n) is 4.82. The van der Waals surface area contributed by atoms with E-state index in [1.54, 1.807) is 0 Å². The van der Waals surface area contributed by atoms with Gasteiger partial charge in [-0.1, -0.05) is 6.08 Å². The summed E-state index contributed by atoms with van der Waals surface area (Å²) in [5, 5.41) is 0. The molecule has 0 fully saturated rings. The number of aryl methyl sites for hydroxylation is 5. The van der Waals surface area contributed by atoms with Crippen LogP contribution < -0.4 is 0 Å². The molecule has 0 nitrogen and oxygen atoms in total. The molecule has 6 heteroatoms. The summed E-state index contributed by atoms with van der Waals surface area (Å²) in [6.07, 6.45) is 4.34. The molecule has 6 heterocycles. The van der Waals surface area contributed by atoms with Crippen molar-refractivity contribution in [2.75, 3.05) is 0 Å². The largest absolute Gasteiger partial charge is 0.141 e. The van der Waals surface area contributed by atoms with Gasteiger partial charge in [0.05, 0.1) is 4.88 Å². The maximum absolute atomic E-state index is 2.44. The minimum absolute atomic E-state index is 1.32. The standard InChI is InChI=1S/C32H28S6/c1-7-8-22-14-23(19(4)35-22)26-13-18(3)34-32(26)31-16-25(21(6)37-31)24-15-30(36-20(24)5)29-12-11-28(38-29)27-10-9-17(2)33-27/h7-16H,1-6H3. The predicted octanol–water partition coefficient (Wildman–Crippen LogP) is 13.0. The van der Waals surface area contributed by atoms with Gasteiger partial charge in [0.25, 0.3) is 0 Å². The fourth-order valence-corrected chi connectivity index (χ4v) is 11.1. The molecule has 0 bridgehead atoms.